The SMILES string of the molecule is COC(=O)N(c1nnc(S(=O)(=O)c2ncc([N+](=O)[O-])s2)s1)C(C)(C)C. The van der Waals surface area contributed by atoms with Crippen molar-refractivity contribution in [2.24, 2.45) is 0 Å². The van der Waals surface area contributed by atoms with Crippen LogP contribution in [0.4, 0.5) is 14.9 Å². The van der Waals surface area contributed by atoms with Crippen LogP contribution in [-0.4, -0.2) is 47.3 Å². The Hall–Kier alpha value is -2.19. The number of anilines is 1. The van der Waals surface area contributed by atoms with E-state index >= 15 is 0 Å². The molecule has 0 aromatic carbocycles. The van der Waals surface area contributed by atoms with Crippen LogP contribution in [0.15, 0.2) is 14.9 Å². The second-order valence-corrected chi connectivity index (χ2v) is 9.81. The van der Waals surface area contributed by atoms with Gasteiger partial charge < -0.3 is 4.74 Å². The van der Waals surface area contributed by atoms with Gasteiger partial charge in [0, 0.05) is 5.54 Å². The molecule has 0 aliphatic rings. The molecule has 0 radical (unpaired) electrons. The van der Waals surface area contributed by atoms with Crippen LogP contribution in [0.5, 0.6) is 0 Å². The number of nitrogens with zero attached hydrogens (tertiary/aromatic N) is 5. The van der Waals surface area contributed by atoms with E-state index in [4.69, 9.17) is 4.74 Å². The first kappa shape index (κ1) is 19.1. The summed E-state index contributed by atoms with van der Waals surface area (Å²) in [6.45, 7) is 5.14. The minimum Gasteiger partial charge on any atom is -0.452 e. The summed E-state index contributed by atoms with van der Waals surface area (Å²) >= 11 is 1.05. The maximum atomic E-state index is 12.5. The molecule has 0 bridgehead atoms. The average Bonchev–Trinajstić information content (AvgIpc) is 3.15. The number of hydrogen-bond donors (Lipinski definition) is 0. The zero-order valence-corrected chi connectivity index (χ0v) is 15.9. The molecule has 2 aromatic rings. The first-order chi connectivity index (χ1) is 11.5. The lowest BCUT2D eigenvalue weighted by Gasteiger charge is -2.31. The van der Waals surface area contributed by atoms with Crippen molar-refractivity contribution in [1.82, 2.24) is 15.2 Å². The molecule has 11 nitrogen and oxygen atoms in total. The molecule has 2 aromatic heterocycles. The molecule has 0 aliphatic heterocycles. The van der Waals surface area contributed by atoms with Crippen LogP contribution in [-0.2, 0) is 14.6 Å². The molecule has 14 heteroatoms. The maximum absolute atomic E-state index is 12.5. The zero-order chi connectivity index (χ0) is 19.0. The minimum atomic E-state index is -4.17. The van der Waals surface area contributed by atoms with Crippen LogP contribution in [0.1, 0.15) is 20.8 Å². The Kier molecular flexibility index (Phi) is 5.06. The summed E-state index contributed by atoms with van der Waals surface area (Å²) in [5, 5.41) is 17.6. The van der Waals surface area contributed by atoms with E-state index in [0.29, 0.717) is 22.7 Å². The van der Waals surface area contributed by atoms with E-state index in [1.807, 2.05) is 0 Å². The maximum Gasteiger partial charge on any atom is 0.416 e. The predicted molar refractivity (Wildman–Crippen MR) is 88.8 cm³/mol. The van der Waals surface area contributed by atoms with Crippen LogP contribution < -0.4 is 4.90 Å². The van der Waals surface area contributed by atoms with Crippen LogP contribution in [0, 0.1) is 10.1 Å². The molecule has 0 spiro atoms. The first-order valence-electron chi connectivity index (χ1n) is 6.55. The molecule has 1 amide bonds. The molecule has 0 saturated heterocycles. The summed E-state index contributed by atoms with van der Waals surface area (Å²) in [7, 11) is -2.98. The molecule has 0 aliphatic carbocycles. The quantitative estimate of drug-likeness (QED) is 0.422. The van der Waals surface area contributed by atoms with Crippen LogP contribution in [0.3, 0.4) is 0 Å². The van der Waals surface area contributed by atoms with E-state index in [1.54, 1.807) is 20.8 Å². The van der Waals surface area contributed by atoms with Crippen molar-refractivity contribution in [1.29, 1.82) is 0 Å². The Morgan fingerprint density at radius 3 is 2.40 bits per heavy atom. The number of nitro groups is 1. The van der Waals surface area contributed by atoms with Gasteiger partial charge in [-0.3, -0.25) is 10.1 Å². The number of ether oxygens (including phenoxy) is 1. The van der Waals surface area contributed by atoms with Crippen molar-refractivity contribution in [2.75, 3.05) is 12.0 Å². The van der Waals surface area contributed by atoms with Crippen LogP contribution in [0.2, 0.25) is 0 Å². The van der Waals surface area contributed by atoms with E-state index in [-0.39, 0.29) is 5.13 Å². The summed E-state index contributed by atoms with van der Waals surface area (Å²) in [6.07, 6.45) is 0.132. The number of thiazole rings is 1. The van der Waals surface area contributed by atoms with E-state index in [0.717, 1.165) is 11.1 Å². The molecule has 0 unspecified atom stereocenters. The van der Waals surface area contributed by atoms with E-state index in [2.05, 4.69) is 15.2 Å². The predicted octanol–water partition coefficient (Wildman–Crippen LogP) is 2.11. The number of hydrogen-bond acceptors (Lipinski definition) is 11. The van der Waals surface area contributed by atoms with Crippen molar-refractivity contribution in [3.63, 3.8) is 0 Å². The zero-order valence-electron chi connectivity index (χ0n) is 13.5. The molecular formula is C11H13N5O6S3. The summed E-state index contributed by atoms with van der Waals surface area (Å²) in [6, 6.07) is 0. The molecule has 2 heterocycles. The van der Waals surface area contributed by atoms with Gasteiger partial charge in [-0.2, -0.15) is 0 Å². The van der Waals surface area contributed by atoms with Crippen molar-refractivity contribution in [3.05, 3.63) is 16.3 Å². The lowest BCUT2D eigenvalue weighted by Crippen LogP contribution is -2.45. The number of methoxy groups -OCH3 is 1. The second kappa shape index (κ2) is 6.61. The number of sulfone groups is 1. The molecule has 0 saturated carbocycles. The highest BCUT2D eigenvalue weighted by Gasteiger charge is 2.35. The van der Waals surface area contributed by atoms with E-state index < -0.39 is 40.1 Å². The van der Waals surface area contributed by atoms with Crippen LogP contribution in [0.25, 0.3) is 0 Å². The summed E-state index contributed by atoms with van der Waals surface area (Å²) < 4.78 is 28.8. The number of carbonyl (C=O) groups excluding carboxylic acids is 1. The Balaban J connectivity index is 2.45. The Morgan fingerprint density at radius 1 is 1.28 bits per heavy atom. The fourth-order valence-electron chi connectivity index (χ4n) is 1.67. The monoisotopic (exact) mass is 407 g/mol. The Labute approximate surface area is 150 Å². The topological polar surface area (TPSA) is 145 Å². The highest BCUT2D eigenvalue weighted by molar-refractivity contribution is 7.95. The average molecular weight is 407 g/mol. The smallest absolute Gasteiger partial charge is 0.416 e. The third kappa shape index (κ3) is 3.74. The van der Waals surface area contributed by atoms with Crippen molar-refractivity contribution >= 4 is 48.7 Å². The van der Waals surface area contributed by atoms with Gasteiger partial charge in [0.15, 0.2) is 0 Å². The molecule has 0 N–H and O–H groups in total. The standard InChI is InChI=1S/C11H13N5O6S3/c1-11(2,3)15(10(17)22-4)7-13-14-9(24-7)25(20,21)8-12-5-6(23-8)16(18)19/h5H,1-4H3. The molecule has 0 atom stereocenters. The summed E-state index contributed by atoms with van der Waals surface area (Å²) in [5.41, 5.74) is -0.742. The largest absolute Gasteiger partial charge is 0.452 e. The van der Waals surface area contributed by atoms with Gasteiger partial charge in [-0.05, 0) is 32.1 Å². The number of carbonyl (C=O) groups is 1. The fraction of sp³-hybridized carbons (Fsp3) is 0.455. The lowest BCUT2D eigenvalue weighted by molar-refractivity contribution is -0.380. The molecule has 2 rings (SSSR count). The first-order valence-corrected chi connectivity index (χ1v) is 9.67. The molecular weight excluding hydrogens is 394 g/mol. The van der Waals surface area contributed by atoms with Gasteiger partial charge in [0.25, 0.3) is 9.84 Å². The fourth-order valence-corrected chi connectivity index (χ4v) is 5.37. The van der Waals surface area contributed by atoms with E-state index in [9.17, 15) is 23.3 Å². The molecule has 0 fully saturated rings. The lowest BCUT2D eigenvalue weighted by atomic mass is 10.1. The van der Waals surface area contributed by atoms with Crippen molar-refractivity contribution < 1.29 is 22.9 Å². The third-order valence-electron chi connectivity index (χ3n) is 2.73. The van der Waals surface area contributed by atoms with Gasteiger partial charge >= 0.3 is 11.1 Å². The van der Waals surface area contributed by atoms with Gasteiger partial charge in [0.2, 0.25) is 13.8 Å². The highest BCUT2D eigenvalue weighted by Crippen LogP contribution is 2.34. The number of rotatable bonds is 4. The molecule has 136 valence electrons. The third-order valence-corrected chi connectivity index (χ3v) is 7.10. The van der Waals surface area contributed by atoms with Crippen molar-refractivity contribution in [3.8, 4) is 0 Å². The highest BCUT2D eigenvalue weighted by atomic mass is 32.3. The van der Waals surface area contributed by atoms with Gasteiger partial charge in [0.05, 0.1) is 12.0 Å². The van der Waals surface area contributed by atoms with Crippen LogP contribution >= 0.6 is 22.7 Å². The summed E-state index contributed by atoms with van der Waals surface area (Å²) in [5.74, 6) is 0. The van der Waals surface area contributed by atoms with E-state index in [1.165, 1.54) is 7.11 Å². The van der Waals surface area contributed by atoms with Gasteiger partial charge in [-0.25, -0.2) is 23.1 Å². The molecule has 25 heavy (non-hydrogen) atoms. The minimum absolute atomic E-state index is 0.0176. The van der Waals surface area contributed by atoms with Crippen molar-refractivity contribution in [2.45, 2.75) is 35.0 Å². The second-order valence-electron chi connectivity index (χ2n) is 5.55. The Bertz CT molecular complexity index is 913. The van der Waals surface area contributed by atoms with Gasteiger partial charge in [-0.15, -0.1) is 10.2 Å². The Morgan fingerprint density at radius 2 is 1.92 bits per heavy atom. The van der Waals surface area contributed by atoms with Gasteiger partial charge in [0.1, 0.15) is 6.20 Å². The summed E-state index contributed by atoms with van der Waals surface area (Å²) in [4.78, 5) is 26.6. The van der Waals surface area contributed by atoms with Gasteiger partial charge in [-0.1, -0.05) is 11.3 Å². The normalized spacial score (nSPS) is 12.0. The number of amides is 1. The number of aromatic nitrogens is 3.